The van der Waals surface area contributed by atoms with Crippen LogP contribution in [0.15, 0.2) is 10.6 Å². The lowest BCUT2D eigenvalue weighted by Crippen LogP contribution is -2.49. The van der Waals surface area contributed by atoms with Crippen LogP contribution in [0.3, 0.4) is 0 Å². The molecule has 3 rings (SSSR count). The molecule has 25 heavy (non-hydrogen) atoms. The third-order valence-electron chi connectivity index (χ3n) is 5.21. The first-order valence-electron chi connectivity index (χ1n) is 9.30. The predicted octanol–water partition coefficient (Wildman–Crippen LogP) is 2.93. The molecule has 0 radical (unpaired) electrons. The average Bonchev–Trinajstić information content (AvgIpc) is 3.21. The first-order chi connectivity index (χ1) is 11.8. The van der Waals surface area contributed by atoms with Gasteiger partial charge >= 0.3 is 0 Å². The SMILES string of the molecule is Cc1cc(C2CCCN2C(=O)C2CCCN(C(=O)C(C)(C)C)C2)on1. The third-order valence-corrected chi connectivity index (χ3v) is 5.21. The molecule has 0 spiro atoms. The van der Waals surface area contributed by atoms with E-state index in [2.05, 4.69) is 5.16 Å². The van der Waals surface area contributed by atoms with E-state index in [-0.39, 0.29) is 23.8 Å². The molecule has 138 valence electrons. The molecule has 3 heterocycles. The molecule has 2 fully saturated rings. The standard InChI is InChI=1S/C19H29N3O3/c1-13-11-16(25-20-13)15-8-6-10-22(15)17(23)14-7-5-9-21(12-14)18(24)19(2,3)4/h11,14-15H,5-10,12H2,1-4H3. The molecule has 1 aromatic heterocycles. The molecular formula is C19H29N3O3. The Morgan fingerprint density at radius 3 is 2.56 bits per heavy atom. The van der Waals surface area contributed by atoms with Gasteiger partial charge in [0.05, 0.1) is 17.7 Å². The summed E-state index contributed by atoms with van der Waals surface area (Å²) in [7, 11) is 0. The summed E-state index contributed by atoms with van der Waals surface area (Å²) >= 11 is 0. The van der Waals surface area contributed by atoms with Crippen molar-refractivity contribution in [2.24, 2.45) is 11.3 Å². The van der Waals surface area contributed by atoms with Gasteiger partial charge in [0.15, 0.2) is 5.76 Å². The van der Waals surface area contributed by atoms with Gasteiger partial charge in [0, 0.05) is 31.1 Å². The molecular weight excluding hydrogens is 318 g/mol. The second-order valence-electron chi connectivity index (χ2n) is 8.40. The normalized spacial score (nSPS) is 24.6. The summed E-state index contributed by atoms with van der Waals surface area (Å²) < 4.78 is 5.41. The summed E-state index contributed by atoms with van der Waals surface area (Å²) in [5, 5.41) is 3.96. The summed E-state index contributed by atoms with van der Waals surface area (Å²) in [6.45, 7) is 9.74. The zero-order valence-corrected chi connectivity index (χ0v) is 15.7. The van der Waals surface area contributed by atoms with E-state index in [4.69, 9.17) is 4.52 Å². The van der Waals surface area contributed by atoms with E-state index in [9.17, 15) is 9.59 Å². The Morgan fingerprint density at radius 1 is 1.20 bits per heavy atom. The Kier molecular flexibility index (Phi) is 4.89. The fourth-order valence-electron chi connectivity index (χ4n) is 3.94. The summed E-state index contributed by atoms with van der Waals surface area (Å²) in [6.07, 6.45) is 3.63. The summed E-state index contributed by atoms with van der Waals surface area (Å²) in [5.41, 5.74) is 0.437. The molecule has 2 atom stereocenters. The number of piperidine rings is 1. The van der Waals surface area contributed by atoms with E-state index < -0.39 is 5.41 Å². The fourth-order valence-corrected chi connectivity index (χ4v) is 3.94. The number of nitrogens with zero attached hydrogens (tertiary/aromatic N) is 3. The van der Waals surface area contributed by atoms with Crippen molar-refractivity contribution in [1.82, 2.24) is 15.0 Å². The highest BCUT2D eigenvalue weighted by molar-refractivity contribution is 5.84. The molecule has 0 bridgehead atoms. The van der Waals surface area contributed by atoms with Crippen molar-refractivity contribution < 1.29 is 14.1 Å². The molecule has 0 saturated carbocycles. The molecule has 2 aliphatic heterocycles. The summed E-state index contributed by atoms with van der Waals surface area (Å²) in [5.74, 6) is 0.961. The molecule has 1 aromatic rings. The number of carbonyl (C=O) groups is 2. The minimum Gasteiger partial charge on any atom is -0.359 e. The van der Waals surface area contributed by atoms with Crippen molar-refractivity contribution in [2.75, 3.05) is 19.6 Å². The van der Waals surface area contributed by atoms with Crippen LogP contribution in [0.4, 0.5) is 0 Å². The van der Waals surface area contributed by atoms with Crippen LogP contribution >= 0.6 is 0 Å². The highest BCUT2D eigenvalue weighted by Crippen LogP contribution is 2.35. The van der Waals surface area contributed by atoms with E-state index in [1.54, 1.807) is 0 Å². The maximum atomic E-state index is 13.1. The van der Waals surface area contributed by atoms with Crippen LogP contribution < -0.4 is 0 Å². The third kappa shape index (κ3) is 3.72. The van der Waals surface area contributed by atoms with Crippen LogP contribution in [0.2, 0.25) is 0 Å². The second-order valence-corrected chi connectivity index (χ2v) is 8.40. The zero-order valence-electron chi connectivity index (χ0n) is 15.7. The van der Waals surface area contributed by atoms with Crippen molar-refractivity contribution in [2.45, 2.75) is 59.4 Å². The van der Waals surface area contributed by atoms with E-state index in [1.807, 2.05) is 43.6 Å². The Hall–Kier alpha value is -1.85. The predicted molar refractivity (Wildman–Crippen MR) is 93.7 cm³/mol. The van der Waals surface area contributed by atoms with Crippen LogP contribution in [0.25, 0.3) is 0 Å². The highest BCUT2D eigenvalue weighted by atomic mass is 16.5. The molecule has 6 nitrogen and oxygen atoms in total. The van der Waals surface area contributed by atoms with Gasteiger partial charge in [-0.05, 0) is 32.6 Å². The number of aryl methyl sites for hydroxylation is 1. The van der Waals surface area contributed by atoms with Gasteiger partial charge in [-0.25, -0.2) is 0 Å². The van der Waals surface area contributed by atoms with Crippen LogP contribution in [-0.2, 0) is 9.59 Å². The molecule has 0 N–H and O–H groups in total. The Labute approximate surface area is 149 Å². The van der Waals surface area contributed by atoms with Gasteiger partial charge in [-0.3, -0.25) is 9.59 Å². The number of amides is 2. The number of hydrogen-bond donors (Lipinski definition) is 0. The Balaban J connectivity index is 1.70. The highest BCUT2D eigenvalue weighted by Gasteiger charge is 2.39. The van der Waals surface area contributed by atoms with Crippen LogP contribution in [0.1, 0.15) is 64.0 Å². The first kappa shape index (κ1) is 18.0. The molecule has 2 unspecified atom stereocenters. The van der Waals surface area contributed by atoms with Crippen LogP contribution in [-0.4, -0.2) is 46.4 Å². The van der Waals surface area contributed by atoms with Gasteiger partial charge in [0.1, 0.15) is 0 Å². The lowest BCUT2D eigenvalue weighted by atomic mass is 9.90. The number of rotatable bonds is 2. The summed E-state index contributed by atoms with van der Waals surface area (Å²) in [4.78, 5) is 29.5. The second kappa shape index (κ2) is 6.81. The minimum absolute atomic E-state index is 0.0117. The molecule has 0 aliphatic carbocycles. The topological polar surface area (TPSA) is 66.7 Å². The molecule has 0 aromatic carbocycles. The minimum atomic E-state index is -0.404. The van der Waals surface area contributed by atoms with Gasteiger partial charge in [-0.15, -0.1) is 0 Å². The van der Waals surface area contributed by atoms with Crippen molar-refractivity contribution in [3.05, 3.63) is 17.5 Å². The van der Waals surface area contributed by atoms with Gasteiger partial charge in [-0.2, -0.15) is 0 Å². The number of carbonyl (C=O) groups excluding carboxylic acids is 2. The zero-order chi connectivity index (χ0) is 18.2. The molecule has 2 amide bonds. The lowest BCUT2D eigenvalue weighted by molar-refractivity contribution is -0.145. The molecule has 6 heteroatoms. The largest absolute Gasteiger partial charge is 0.359 e. The van der Waals surface area contributed by atoms with E-state index in [1.165, 1.54) is 0 Å². The van der Waals surface area contributed by atoms with Gasteiger partial charge in [-0.1, -0.05) is 25.9 Å². The van der Waals surface area contributed by atoms with Crippen molar-refractivity contribution in [1.29, 1.82) is 0 Å². The Bertz CT molecular complexity index is 647. The van der Waals surface area contributed by atoms with Crippen molar-refractivity contribution >= 4 is 11.8 Å². The van der Waals surface area contributed by atoms with E-state index in [0.29, 0.717) is 6.54 Å². The maximum absolute atomic E-state index is 13.1. The number of likely N-dealkylation sites (tertiary alicyclic amines) is 2. The van der Waals surface area contributed by atoms with Crippen molar-refractivity contribution in [3.63, 3.8) is 0 Å². The fraction of sp³-hybridized carbons (Fsp3) is 0.737. The smallest absolute Gasteiger partial charge is 0.228 e. The monoisotopic (exact) mass is 347 g/mol. The van der Waals surface area contributed by atoms with E-state index in [0.717, 1.165) is 50.2 Å². The molecule has 2 aliphatic rings. The maximum Gasteiger partial charge on any atom is 0.228 e. The average molecular weight is 347 g/mol. The van der Waals surface area contributed by atoms with Gasteiger partial charge in [0.25, 0.3) is 0 Å². The number of aromatic nitrogens is 1. The van der Waals surface area contributed by atoms with E-state index >= 15 is 0 Å². The Morgan fingerprint density at radius 2 is 1.92 bits per heavy atom. The first-order valence-corrected chi connectivity index (χ1v) is 9.30. The van der Waals surface area contributed by atoms with Gasteiger partial charge < -0.3 is 14.3 Å². The van der Waals surface area contributed by atoms with Gasteiger partial charge in [0.2, 0.25) is 11.8 Å². The van der Waals surface area contributed by atoms with Crippen LogP contribution in [0, 0.1) is 18.3 Å². The number of hydrogen-bond acceptors (Lipinski definition) is 4. The lowest BCUT2D eigenvalue weighted by Gasteiger charge is -2.37. The quantitative estimate of drug-likeness (QED) is 0.825. The van der Waals surface area contributed by atoms with Crippen molar-refractivity contribution in [3.8, 4) is 0 Å². The molecule has 2 saturated heterocycles. The van der Waals surface area contributed by atoms with Crippen LogP contribution in [0.5, 0.6) is 0 Å². The summed E-state index contributed by atoms with van der Waals surface area (Å²) in [6, 6.07) is 1.91.